The molecule has 0 aliphatic rings. The van der Waals surface area contributed by atoms with E-state index in [9.17, 15) is 60.7 Å². The van der Waals surface area contributed by atoms with Gasteiger partial charge < -0.3 is 10.6 Å². The molecule has 2 rings (SSSR count). The number of nitro benzene ring substituents is 6. The van der Waals surface area contributed by atoms with Crippen LogP contribution in [-0.2, 0) is 0 Å². The molecule has 0 heterocycles. The van der Waals surface area contributed by atoms with E-state index in [1.54, 1.807) is 0 Å². The van der Waals surface area contributed by atoms with E-state index in [2.05, 4.69) is 10.6 Å². The highest BCUT2D eigenvalue weighted by atomic mass is 16.6. The van der Waals surface area contributed by atoms with Crippen LogP contribution in [0.1, 0.15) is 32.1 Å². The summed E-state index contributed by atoms with van der Waals surface area (Å²) in [7, 11) is 0. The van der Waals surface area contributed by atoms with Crippen LogP contribution < -0.4 is 10.6 Å². The summed E-state index contributed by atoms with van der Waals surface area (Å²) < 4.78 is 0. The molecule has 0 saturated heterocycles. The average Bonchev–Trinajstić information content (AvgIpc) is 2.86. The lowest BCUT2D eigenvalue weighted by atomic mass is 10.1. The van der Waals surface area contributed by atoms with Gasteiger partial charge in [-0.1, -0.05) is 19.3 Å². The zero-order valence-electron chi connectivity index (χ0n) is 19.8. The highest BCUT2D eigenvalue weighted by Gasteiger charge is 2.31. The van der Waals surface area contributed by atoms with Crippen molar-refractivity contribution in [3.8, 4) is 0 Å². The molecule has 39 heavy (non-hydrogen) atoms. The molecule has 2 aromatic carbocycles. The van der Waals surface area contributed by atoms with Crippen LogP contribution in [0.15, 0.2) is 24.3 Å². The Morgan fingerprint density at radius 1 is 0.436 bits per heavy atom. The van der Waals surface area contributed by atoms with Gasteiger partial charge in [0.15, 0.2) is 11.4 Å². The van der Waals surface area contributed by atoms with E-state index in [0.29, 0.717) is 56.4 Å². The molecule has 0 bridgehead atoms. The normalized spacial score (nSPS) is 10.5. The lowest BCUT2D eigenvalue weighted by molar-refractivity contribution is -0.402. The molecule has 0 spiro atoms. The standard InChI is InChI=1S/C19H20N8O12/c28-22(29)12-8-14(24(32)33)18(15(9-12)25(34)35)20-6-4-2-1-3-5-7-21-19-16(26(36)37)10-13(23(30)31)11-17(19)27(38)39/h8-11,20-21H,1-7H2. The van der Waals surface area contributed by atoms with Crippen molar-refractivity contribution in [2.75, 3.05) is 23.7 Å². The van der Waals surface area contributed by atoms with Crippen LogP contribution in [0, 0.1) is 60.7 Å². The Bertz CT molecular complexity index is 1160. The van der Waals surface area contributed by atoms with Gasteiger partial charge in [-0.05, 0) is 12.8 Å². The topological polar surface area (TPSA) is 283 Å². The van der Waals surface area contributed by atoms with Gasteiger partial charge in [-0.15, -0.1) is 0 Å². The third-order valence-electron chi connectivity index (χ3n) is 5.33. The van der Waals surface area contributed by atoms with Crippen molar-refractivity contribution in [3.05, 3.63) is 85.0 Å². The van der Waals surface area contributed by atoms with Gasteiger partial charge in [-0.25, -0.2) is 0 Å². The smallest absolute Gasteiger partial charge is 0.306 e. The fourth-order valence-electron chi connectivity index (χ4n) is 3.55. The number of non-ortho nitro benzene ring substituents is 2. The number of hydrogen-bond donors (Lipinski definition) is 2. The van der Waals surface area contributed by atoms with Gasteiger partial charge in [-0.2, -0.15) is 0 Å². The molecule has 20 heteroatoms. The fraction of sp³-hybridized carbons (Fsp3) is 0.368. The SMILES string of the molecule is O=[N+]([O-])c1cc([N+](=O)[O-])c(NCCCCCCCNc2c([N+](=O)[O-])cc([N+](=O)[O-])cc2[N+](=O)[O-])c([N+](=O)[O-])c1. The van der Waals surface area contributed by atoms with Crippen LogP contribution in [0.2, 0.25) is 0 Å². The van der Waals surface area contributed by atoms with E-state index < -0.39 is 75.0 Å². The predicted octanol–water partition coefficient (Wildman–Crippen LogP) is 4.61. The van der Waals surface area contributed by atoms with Crippen molar-refractivity contribution in [3.63, 3.8) is 0 Å². The molecule has 20 nitrogen and oxygen atoms in total. The average molecular weight is 552 g/mol. The molecule has 0 atom stereocenters. The lowest BCUT2D eigenvalue weighted by Gasteiger charge is -2.09. The van der Waals surface area contributed by atoms with E-state index in [1.807, 2.05) is 0 Å². The maximum Gasteiger partial charge on any atom is 0.306 e. The first kappa shape index (κ1) is 29.7. The second kappa shape index (κ2) is 13.1. The number of benzene rings is 2. The van der Waals surface area contributed by atoms with Gasteiger partial charge >= 0.3 is 22.7 Å². The van der Waals surface area contributed by atoms with Gasteiger partial charge in [0.2, 0.25) is 0 Å². The number of hydrogen-bond acceptors (Lipinski definition) is 14. The Morgan fingerprint density at radius 2 is 0.692 bits per heavy atom. The van der Waals surface area contributed by atoms with Crippen molar-refractivity contribution in [1.29, 1.82) is 0 Å². The molecule has 0 amide bonds. The summed E-state index contributed by atoms with van der Waals surface area (Å²) in [5.41, 5.74) is -5.73. The molecular weight excluding hydrogens is 532 g/mol. The van der Waals surface area contributed by atoms with Gasteiger partial charge in [0.1, 0.15) is 0 Å². The van der Waals surface area contributed by atoms with Crippen molar-refractivity contribution < 1.29 is 29.5 Å². The maximum atomic E-state index is 11.3. The molecule has 0 aliphatic heterocycles. The van der Waals surface area contributed by atoms with E-state index in [1.165, 1.54) is 0 Å². The fourth-order valence-corrected chi connectivity index (χ4v) is 3.55. The molecule has 0 aliphatic carbocycles. The summed E-state index contributed by atoms with van der Waals surface area (Å²) in [5, 5.41) is 72.2. The molecule has 0 fully saturated rings. The third kappa shape index (κ3) is 7.71. The Kier molecular flexibility index (Phi) is 9.98. The molecule has 0 aromatic heterocycles. The lowest BCUT2D eigenvalue weighted by Crippen LogP contribution is -2.09. The molecular formula is C19H20N8O12. The zero-order chi connectivity index (χ0) is 29.3. The van der Waals surface area contributed by atoms with E-state index in [0.717, 1.165) is 0 Å². The number of nitrogens with zero attached hydrogens (tertiary/aromatic N) is 6. The number of nitrogens with one attached hydrogen (secondary N) is 2. The van der Waals surface area contributed by atoms with Crippen LogP contribution in [-0.4, -0.2) is 42.6 Å². The number of unbranched alkanes of at least 4 members (excludes halogenated alkanes) is 4. The molecule has 208 valence electrons. The first-order valence-corrected chi connectivity index (χ1v) is 11.0. The van der Waals surface area contributed by atoms with Crippen molar-refractivity contribution in [1.82, 2.24) is 0 Å². The van der Waals surface area contributed by atoms with E-state index in [4.69, 9.17) is 0 Å². The van der Waals surface area contributed by atoms with Gasteiger partial charge in [0.25, 0.3) is 11.4 Å². The maximum absolute atomic E-state index is 11.3. The summed E-state index contributed by atoms with van der Waals surface area (Å²) in [6.07, 6.45) is 2.53. The van der Waals surface area contributed by atoms with Gasteiger partial charge in [0.05, 0.1) is 53.8 Å². The van der Waals surface area contributed by atoms with Gasteiger partial charge in [-0.3, -0.25) is 60.7 Å². The summed E-state index contributed by atoms with van der Waals surface area (Å²) in [6.45, 7) is 0.165. The number of anilines is 2. The van der Waals surface area contributed by atoms with Crippen molar-refractivity contribution in [2.24, 2.45) is 0 Å². The van der Waals surface area contributed by atoms with Crippen LogP contribution in [0.25, 0.3) is 0 Å². The van der Waals surface area contributed by atoms with Crippen LogP contribution in [0.5, 0.6) is 0 Å². The van der Waals surface area contributed by atoms with Crippen LogP contribution >= 0.6 is 0 Å². The molecule has 0 radical (unpaired) electrons. The van der Waals surface area contributed by atoms with Crippen LogP contribution in [0.4, 0.5) is 45.5 Å². The minimum absolute atomic E-state index is 0.0823. The minimum atomic E-state index is -0.976. The first-order valence-electron chi connectivity index (χ1n) is 11.0. The largest absolute Gasteiger partial charge is 0.374 e. The Morgan fingerprint density at radius 3 is 0.923 bits per heavy atom. The number of nitro groups is 6. The summed E-state index contributed by atoms with van der Waals surface area (Å²) in [4.78, 5) is 61.2. The van der Waals surface area contributed by atoms with E-state index >= 15 is 0 Å². The van der Waals surface area contributed by atoms with Crippen molar-refractivity contribution >= 4 is 45.5 Å². The van der Waals surface area contributed by atoms with Crippen LogP contribution in [0.3, 0.4) is 0 Å². The first-order chi connectivity index (χ1) is 18.3. The molecule has 0 saturated carbocycles. The molecule has 2 N–H and O–H groups in total. The highest BCUT2D eigenvalue weighted by Crippen LogP contribution is 2.39. The third-order valence-corrected chi connectivity index (χ3v) is 5.33. The Labute approximate surface area is 216 Å². The second-order valence-electron chi connectivity index (χ2n) is 7.88. The highest BCUT2D eigenvalue weighted by molar-refractivity contribution is 5.77. The number of rotatable bonds is 16. The second-order valence-corrected chi connectivity index (χ2v) is 7.88. The van der Waals surface area contributed by atoms with Gasteiger partial charge in [0, 0.05) is 13.1 Å². The summed E-state index contributed by atoms with van der Waals surface area (Å²) in [6, 6.07) is 2.51. The van der Waals surface area contributed by atoms with E-state index in [-0.39, 0.29) is 13.1 Å². The minimum Gasteiger partial charge on any atom is -0.374 e. The Balaban J connectivity index is 1.91. The Hall–Kier alpha value is -5.56. The predicted molar refractivity (Wildman–Crippen MR) is 133 cm³/mol. The molecule has 0 unspecified atom stereocenters. The molecule has 2 aromatic rings. The monoisotopic (exact) mass is 552 g/mol. The van der Waals surface area contributed by atoms with Crippen molar-refractivity contribution in [2.45, 2.75) is 32.1 Å². The quantitative estimate of drug-likeness (QED) is 0.163. The summed E-state index contributed by atoms with van der Waals surface area (Å²) in [5.74, 6) is 0. The zero-order valence-corrected chi connectivity index (χ0v) is 19.8. The summed E-state index contributed by atoms with van der Waals surface area (Å²) >= 11 is 0.